The number of nitrogen functional groups attached to an aromatic ring is 1. The molecule has 1 aliphatic heterocycles. The predicted octanol–water partition coefficient (Wildman–Crippen LogP) is 2.93. The monoisotopic (exact) mass is 298 g/mol. The summed E-state index contributed by atoms with van der Waals surface area (Å²) in [6, 6.07) is 15.9. The number of hydrogen-bond acceptors (Lipinski definition) is 4. The van der Waals surface area contributed by atoms with E-state index in [4.69, 9.17) is 15.2 Å². The lowest BCUT2D eigenvalue weighted by Gasteiger charge is -2.30. The first-order chi connectivity index (χ1) is 10.7. The molecule has 0 amide bonds. The molecule has 0 aliphatic carbocycles. The number of para-hydroxylation sites is 2. The zero-order chi connectivity index (χ0) is 15.4. The average molecular weight is 298 g/mol. The molecule has 2 N–H and O–H groups in total. The Kier molecular flexibility index (Phi) is 4.49. The molecular formula is C18H22N2O2. The number of rotatable bonds is 5. The van der Waals surface area contributed by atoms with Gasteiger partial charge in [-0.3, -0.25) is 4.90 Å². The van der Waals surface area contributed by atoms with Crippen LogP contribution in [0, 0.1) is 0 Å². The predicted molar refractivity (Wildman–Crippen MR) is 88.2 cm³/mol. The van der Waals surface area contributed by atoms with Crippen LogP contribution < -0.4 is 15.2 Å². The quantitative estimate of drug-likeness (QED) is 0.862. The highest BCUT2D eigenvalue weighted by atomic mass is 16.6. The number of anilines is 1. The first kappa shape index (κ1) is 14.7. The van der Waals surface area contributed by atoms with E-state index in [1.165, 1.54) is 5.56 Å². The standard InChI is InChI=1S/C18H22N2O2/c1-2-20(11-14-6-5-7-15(19)10-14)12-16-13-21-17-8-3-4-9-18(17)22-16/h3-10,16H,2,11-13,19H2,1H3. The van der Waals surface area contributed by atoms with Gasteiger partial charge in [-0.1, -0.05) is 31.2 Å². The molecule has 0 saturated heterocycles. The number of nitrogens with two attached hydrogens (primary N) is 1. The van der Waals surface area contributed by atoms with E-state index in [1.807, 2.05) is 42.5 Å². The third-order valence-corrected chi connectivity index (χ3v) is 3.83. The first-order valence-corrected chi connectivity index (χ1v) is 7.70. The Hall–Kier alpha value is -2.20. The van der Waals surface area contributed by atoms with Gasteiger partial charge in [0.2, 0.25) is 0 Å². The maximum Gasteiger partial charge on any atom is 0.161 e. The fraction of sp³-hybridized carbons (Fsp3) is 0.333. The maximum atomic E-state index is 6.03. The number of ether oxygens (including phenoxy) is 2. The lowest BCUT2D eigenvalue weighted by molar-refractivity contribution is 0.0580. The third kappa shape index (κ3) is 3.52. The highest BCUT2D eigenvalue weighted by molar-refractivity contribution is 5.41. The van der Waals surface area contributed by atoms with E-state index < -0.39 is 0 Å². The summed E-state index contributed by atoms with van der Waals surface area (Å²) in [4.78, 5) is 2.34. The minimum Gasteiger partial charge on any atom is -0.486 e. The normalized spacial score (nSPS) is 16.7. The summed E-state index contributed by atoms with van der Waals surface area (Å²) in [5.74, 6) is 1.66. The second-order valence-corrected chi connectivity index (χ2v) is 5.57. The molecule has 0 fully saturated rings. The van der Waals surface area contributed by atoms with Crippen LogP contribution in [0.2, 0.25) is 0 Å². The van der Waals surface area contributed by atoms with E-state index in [0.29, 0.717) is 6.61 Å². The van der Waals surface area contributed by atoms with Crippen LogP contribution in [0.15, 0.2) is 48.5 Å². The Morgan fingerprint density at radius 2 is 1.95 bits per heavy atom. The summed E-state index contributed by atoms with van der Waals surface area (Å²) in [6.45, 7) is 5.40. The molecule has 0 radical (unpaired) electrons. The van der Waals surface area contributed by atoms with E-state index >= 15 is 0 Å². The second-order valence-electron chi connectivity index (χ2n) is 5.57. The van der Waals surface area contributed by atoms with Crippen molar-refractivity contribution >= 4 is 5.69 Å². The molecular weight excluding hydrogens is 276 g/mol. The molecule has 22 heavy (non-hydrogen) atoms. The number of fused-ring (bicyclic) bond motifs is 1. The van der Waals surface area contributed by atoms with Crippen LogP contribution in [-0.2, 0) is 6.54 Å². The fourth-order valence-electron chi connectivity index (χ4n) is 2.70. The van der Waals surface area contributed by atoms with E-state index in [9.17, 15) is 0 Å². The molecule has 1 aliphatic rings. The van der Waals surface area contributed by atoms with Crippen molar-refractivity contribution in [3.8, 4) is 11.5 Å². The van der Waals surface area contributed by atoms with Gasteiger partial charge in [-0.05, 0) is 36.4 Å². The van der Waals surface area contributed by atoms with Crippen molar-refractivity contribution in [3.05, 3.63) is 54.1 Å². The van der Waals surface area contributed by atoms with Gasteiger partial charge in [0.25, 0.3) is 0 Å². The van der Waals surface area contributed by atoms with Crippen molar-refractivity contribution < 1.29 is 9.47 Å². The summed E-state index contributed by atoms with van der Waals surface area (Å²) < 4.78 is 11.8. The lowest BCUT2D eigenvalue weighted by Crippen LogP contribution is -2.40. The molecule has 1 atom stereocenters. The van der Waals surface area contributed by atoms with Crippen molar-refractivity contribution in [2.45, 2.75) is 19.6 Å². The van der Waals surface area contributed by atoms with Crippen molar-refractivity contribution in [2.24, 2.45) is 0 Å². The van der Waals surface area contributed by atoms with E-state index in [-0.39, 0.29) is 6.10 Å². The molecule has 4 heteroatoms. The van der Waals surface area contributed by atoms with Crippen LogP contribution >= 0.6 is 0 Å². The molecule has 0 aromatic heterocycles. The second kappa shape index (κ2) is 6.71. The minimum absolute atomic E-state index is 0.0518. The summed E-state index contributed by atoms with van der Waals surface area (Å²) in [6.07, 6.45) is 0.0518. The third-order valence-electron chi connectivity index (χ3n) is 3.83. The first-order valence-electron chi connectivity index (χ1n) is 7.70. The van der Waals surface area contributed by atoms with Crippen molar-refractivity contribution in [3.63, 3.8) is 0 Å². The molecule has 0 spiro atoms. The Labute approximate surface area is 131 Å². The summed E-state index contributed by atoms with van der Waals surface area (Å²) in [5, 5.41) is 0. The lowest BCUT2D eigenvalue weighted by atomic mass is 10.2. The zero-order valence-corrected chi connectivity index (χ0v) is 12.9. The van der Waals surface area contributed by atoms with Gasteiger partial charge in [0.05, 0.1) is 0 Å². The van der Waals surface area contributed by atoms with Gasteiger partial charge in [-0.15, -0.1) is 0 Å². The minimum atomic E-state index is 0.0518. The van der Waals surface area contributed by atoms with Crippen LogP contribution in [0.3, 0.4) is 0 Å². The van der Waals surface area contributed by atoms with Crippen molar-refractivity contribution in [1.82, 2.24) is 4.90 Å². The highest BCUT2D eigenvalue weighted by Gasteiger charge is 2.22. The maximum absolute atomic E-state index is 6.03. The van der Waals surface area contributed by atoms with E-state index in [1.54, 1.807) is 0 Å². The number of likely N-dealkylation sites (N-methyl/N-ethyl adjacent to an activating group) is 1. The molecule has 4 nitrogen and oxygen atoms in total. The molecule has 0 saturated carbocycles. The molecule has 116 valence electrons. The fourth-order valence-corrected chi connectivity index (χ4v) is 2.70. The van der Waals surface area contributed by atoms with Gasteiger partial charge in [0.1, 0.15) is 12.7 Å². The molecule has 3 rings (SSSR count). The van der Waals surface area contributed by atoms with E-state index in [2.05, 4.69) is 17.9 Å². The van der Waals surface area contributed by atoms with Gasteiger partial charge >= 0.3 is 0 Å². The number of benzene rings is 2. The SMILES string of the molecule is CCN(Cc1cccc(N)c1)CC1COc2ccccc2O1. The average Bonchev–Trinajstić information content (AvgIpc) is 2.54. The van der Waals surface area contributed by atoms with Crippen LogP contribution in [0.4, 0.5) is 5.69 Å². The van der Waals surface area contributed by atoms with Gasteiger partial charge in [0, 0.05) is 18.8 Å². The van der Waals surface area contributed by atoms with Gasteiger partial charge in [-0.25, -0.2) is 0 Å². The van der Waals surface area contributed by atoms with E-state index in [0.717, 1.165) is 36.8 Å². The van der Waals surface area contributed by atoms with Crippen molar-refractivity contribution in [2.75, 3.05) is 25.4 Å². The topological polar surface area (TPSA) is 47.7 Å². The summed E-state index contributed by atoms with van der Waals surface area (Å²) in [5.41, 5.74) is 7.88. The molecule has 1 unspecified atom stereocenters. The molecule has 2 aromatic carbocycles. The van der Waals surface area contributed by atoms with Crippen LogP contribution in [0.1, 0.15) is 12.5 Å². The van der Waals surface area contributed by atoms with Crippen LogP contribution in [-0.4, -0.2) is 30.7 Å². The Morgan fingerprint density at radius 1 is 1.14 bits per heavy atom. The summed E-state index contributed by atoms with van der Waals surface area (Å²) in [7, 11) is 0. The highest BCUT2D eigenvalue weighted by Crippen LogP contribution is 2.31. The smallest absolute Gasteiger partial charge is 0.161 e. The van der Waals surface area contributed by atoms with Gasteiger partial charge < -0.3 is 15.2 Å². The Balaban J connectivity index is 1.62. The number of hydrogen-bond donors (Lipinski definition) is 1. The summed E-state index contributed by atoms with van der Waals surface area (Å²) >= 11 is 0. The number of nitrogens with zero attached hydrogens (tertiary/aromatic N) is 1. The van der Waals surface area contributed by atoms with Crippen molar-refractivity contribution in [1.29, 1.82) is 0 Å². The van der Waals surface area contributed by atoms with Gasteiger partial charge in [-0.2, -0.15) is 0 Å². The zero-order valence-electron chi connectivity index (χ0n) is 12.9. The molecule has 1 heterocycles. The Bertz CT molecular complexity index is 630. The Morgan fingerprint density at radius 3 is 2.73 bits per heavy atom. The van der Waals surface area contributed by atoms with Crippen LogP contribution in [0.5, 0.6) is 11.5 Å². The largest absolute Gasteiger partial charge is 0.486 e. The molecule has 2 aromatic rings. The van der Waals surface area contributed by atoms with Crippen LogP contribution in [0.25, 0.3) is 0 Å². The molecule has 0 bridgehead atoms. The van der Waals surface area contributed by atoms with Gasteiger partial charge in [0.15, 0.2) is 11.5 Å².